The van der Waals surface area contributed by atoms with Crippen molar-refractivity contribution in [2.24, 2.45) is 5.73 Å². The maximum atomic E-state index is 5.92. The molecule has 0 heterocycles. The Balaban J connectivity index is 2.18. The van der Waals surface area contributed by atoms with Crippen LogP contribution in [-0.4, -0.2) is 24.9 Å². The minimum absolute atomic E-state index is 0.0625. The van der Waals surface area contributed by atoms with Crippen LogP contribution in [0.15, 0.2) is 29.2 Å². The average Bonchev–Trinajstić information content (AvgIpc) is 2.28. The minimum Gasteiger partial charge on any atom is -0.326 e. The fourth-order valence-electron chi connectivity index (χ4n) is 1.56. The molecule has 0 aromatic heterocycles. The molecule has 3 heteroatoms. The lowest BCUT2D eigenvalue weighted by molar-refractivity contribution is 0.456. The molecule has 0 fully saturated rings. The number of nitrogens with one attached hydrogen (secondary N) is 1. The molecule has 0 saturated carbocycles. The summed E-state index contributed by atoms with van der Waals surface area (Å²) < 4.78 is 0. The van der Waals surface area contributed by atoms with Crippen molar-refractivity contribution >= 4 is 11.8 Å². The molecule has 0 radical (unpaired) electrons. The van der Waals surface area contributed by atoms with Crippen LogP contribution in [0.4, 0.5) is 0 Å². The van der Waals surface area contributed by atoms with Crippen LogP contribution in [0.3, 0.4) is 0 Å². The van der Waals surface area contributed by atoms with E-state index in [0.717, 1.165) is 25.9 Å². The molecule has 0 saturated heterocycles. The van der Waals surface area contributed by atoms with Gasteiger partial charge in [0.25, 0.3) is 0 Å². The van der Waals surface area contributed by atoms with Gasteiger partial charge in [-0.05, 0) is 63.7 Å². The van der Waals surface area contributed by atoms with Crippen LogP contribution in [0.5, 0.6) is 0 Å². The standard InChI is InChI=1S/C14H24N2S/c1-14(2,15)9-11-16-10-8-12-4-6-13(17-3)7-5-12/h4-7,16H,8-11,15H2,1-3H3. The van der Waals surface area contributed by atoms with Crippen molar-refractivity contribution in [3.8, 4) is 0 Å². The number of benzene rings is 1. The summed E-state index contributed by atoms with van der Waals surface area (Å²) in [5.74, 6) is 0. The lowest BCUT2D eigenvalue weighted by Crippen LogP contribution is -2.36. The summed E-state index contributed by atoms with van der Waals surface area (Å²) in [6.07, 6.45) is 4.20. The second-order valence-electron chi connectivity index (χ2n) is 5.09. The highest BCUT2D eigenvalue weighted by molar-refractivity contribution is 7.98. The molecule has 96 valence electrons. The van der Waals surface area contributed by atoms with Gasteiger partial charge in [0.2, 0.25) is 0 Å². The molecule has 0 spiro atoms. The quantitative estimate of drug-likeness (QED) is 0.579. The van der Waals surface area contributed by atoms with Gasteiger partial charge >= 0.3 is 0 Å². The highest BCUT2D eigenvalue weighted by Crippen LogP contribution is 2.14. The molecule has 0 amide bonds. The van der Waals surface area contributed by atoms with Crippen molar-refractivity contribution in [3.63, 3.8) is 0 Å². The Labute approximate surface area is 109 Å². The van der Waals surface area contributed by atoms with E-state index in [2.05, 4.69) is 49.7 Å². The molecule has 1 aromatic carbocycles. The van der Waals surface area contributed by atoms with Gasteiger partial charge in [0.1, 0.15) is 0 Å². The smallest absolute Gasteiger partial charge is 0.0109 e. The normalized spacial score (nSPS) is 11.8. The third-order valence-electron chi connectivity index (χ3n) is 2.70. The SMILES string of the molecule is CSc1ccc(CCNCCC(C)(C)N)cc1. The van der Waals surface area contributed by atoms with Crippen LogP contribution in [-0.2, 0) is 6.42 Å². The van der Waals surface area contributed by atoms with Crippen LogP contribution in [0.25, 0.3) is 0 Å². The van der Waals surface area contributed by atoms with Gasteiger partial charge in [0.15, 0.2) is 0 Å². The summed E-state index contributed by atoms with van der Waals surface area (Å²) in [7, 11) is 0. The van der Waals surface area contributed by atoms with Crippen molar-refractivity contribution in [1.82, 2.24) is 5.32 Å². The first kappa shape index (κ1) is 14.6. The minimum atomic E-state index is -0.0625. The highest BCUT2D eigenvalue weighted by atomic mass is 32.2. The van der Waals surface area contributed by atoms with Crippen molar-refractivity contribution in [2.75, 3.05) is 19.3 Å². The molecular formula is C14H24N2S. The van der Waals surface area contributed by atoms with E-state index < -0.39 is 0 Å². The second kappa shape index (κ2) is 7.04. The van der Waals surface area contributed by atoms with E-state index in [1.165, 1.54) is 10.5 Å². The Morgan fingerprint density at radius 3 is 2.35 bits per heavy atom. The zero-order valence-electron chi connectivity index (χ0n) is 11.1. The summed E-state index contributed by atoms with van der Waals surface area (Å²) >= 11 is 1.78. The Morgan fingerprint density at radius 1 is 1.18 bits per heavy atom. The molecule has 2 nitrogen and oxygen atoms in total. The van der Waals surface area contributed by atoms with E-state index in [1.807, 2.05) is 0 Å². The van der Waals surface area contributed by atoms with E-state index in [4.69, 9.17) is 5.73 Å². The molecule has 1 aromatic rings. The third kappa shape index (κ3) is 6.71. The van der Waals surface area contributed by atoms with Gasteiger partial charge in [-0.25, -0.2) is 0 Å². The van der Waals surface area contributed by atoms with Crippen LogP contribution in [0.2, 0.25) is 0 Å². The fourth-order valence-corrected chi connectivity index (χ4v) is 1.97. The number of thioether (sulfide) groups is 1. The van der Waals surface area contributed by atoms with E-state index in [1.54, 1.807) is 11.8 Å². The maximum Gasteiger partial charge on any atom is 0.0109 e. The summed E-state index contributed by atoms with van der Waals surface area (Å²) in [5, 5.41) is 3.43. The molecule has 0 atom stereocenters. The molecule has 17 heavy (non-hydrogen) atoms. The molecule has 0 aliphatic rings. The molecule has 0 unspecified atom stereocenters. The Hall–Kier alpha value is -0.510. The van der Waals surface area contributed by atoms with Gasteiger partial charge < -0.3 is 11.1 Å². The van der Waals surface area contributed by atoms with Crippen LogP contribution in [0.1, 0.15) is 25.8 Å². The fraction of sp³-hybridized carbons (Fsp3) is 0.571. The lowest BCUT2D eigenvalue weighted by atomic mass is 10.0. The van der Waals surface area contributed by atoms with E-state index in [-0.39, 0.29) is 5.54 Å². The van der Waals surface area contributed by atoms with Crippen molar-refractivity contribution < 1.29 is 0 Å². The first-order chi connectivity index (χ1) is 8.01. The monoisotopic (exact) mass is 252 g/mol. The van der Waals surface area contributed by atoms with Gasteiger partial charge in [-0.2, -0.15) is 0 Å². The first-order valence-corrected chi connectivity index (χ1v) is 7.36. The average molecular weight is 252 g/mol. The summed E-state index contributed by atoms with van der Waals surface area (Å²) in [6, 6.07) is 8.78. The first-order valence-electron chi connectivity index (χ1n) is 6.14. The maximum absolute atomic E-state index is 5.92. The third-order valence-corrected chi connectivity index (χ3v) is 3.44. The van der Waals surface area contributed by atoms with Crippen LogP contribution in [0, 0.1) is 0 Å². The van der Waals surface area contributed by atoms with Gasteiger partial charge in [-0.15, -0.1) is 11.8 Å². The number of hydrogen-bond acceptors (Lipinski definition) is 3. The number of nitrogens with two attached hydrogens (primary N) is 1. The molecule has 1 rings (SSSR count). The molecular weight excluding hydrogens is 228 g/mol. The summed E-state index contributed by atoms with van der Waals surface area (Å²) in [4.78, 5) is 1.33. The van der Waals surface area contributed by atoms with E-state index in [0.29, 0.717) is 0 Å². The Kier molecular flexibility index (Phi) is 6.03. The number of hydrogen-bond donors (Lipinski definition) is 2. The largest absolute Gasteiger partial charge is 0.326 e. The Bertz CT molecular complexity index is 314. The van der Waals surface area contributed by atoms with Gasteiger partial charge in [-0.1, -0.05) is 12.1 Å². The second-order valence-corrected chi connectivity index (χ2v) is 5.97. The molecule has 0 aliphatic heterocycles. The van der Waals surface area contributed by atoms with Crippen molar-refractivity contribution in [3.05, 3.63) is 29.8 Å². The van der Waals surface area contributed by atoms with E-state index >= 15 is 0 Å². The van der Waals surface area contributed by atoms with Crippen molar-refractivity contribution in [2.45, 2.75) is 37.1 Å². The van der Waals surface area contributed by atoms with E-state index in [9.17, 15) is 0 Å². The molecule has 0 aliphatic carbocycles. The van der Waals surface area contributed by atoms with Crippen molar-refractivity contribution in [1.29, 1.82) is 0 Å². The summed E-state index contributed by atoms with van der Waals surface area (Å²) in [5.41, 5.74) is 7.25. The predicted molar refractivity (Wildman–Crippen MR) is 77.7 cm³/mol. The van der Waals surface area contributed by atoms with Gasteiger partial charge in [0, 0.05) is 10.4 Å². The van der Waals surface area contributed by atoms with Gasteiger partial charge in [-0.3, -0.25) is 0 Å². The zero-order chi connectivity index (χ0) is 12.7. The number of rotatable bonds is 7. The predicted octanol–water partition coefficient (Wildman–Crippen LogP) is 2.67. The molecule has 3 N–H and O–H groups in total. The molecule has 0 bridgehead atoms. The van der Waals surface area contributed by atoms with Crippen LogP contribution >= 0.6 is 11.8 Å². The highest BCUT2D eigenvalue weighted by Gasteiger charge is 2.08. The Morgan fingerprint density at radius 2 is 1.82 bits per heavy atom. The van der Waals surface area contributed by atoms with Gasteiger partial charge in [0.05, 0.1) is 0 Å². The van der Waals surface area contributed by atoms with Crippen LogP contribution < -0.4 is 11.1 Å². The summed E-state index contributed by atoms with van der Waals surface area (Å²) in [6.45, 7) is 6.15. The zero-order valence-corrected chi connectivity index (χ0v) is 11.9. The lowest BCUT2D eigenvalue weighted by Gasteiger charge is -2.18. The topological polar surface area (TPSA) is 38.0 Å².